The SMILES string of the molecule is Cc1cc(=O)c2c(C(=O)O)cc(O[C@@H]3O[C@H](CO)[C@@H](O)[C@@H](O)[C@H]3O)cc2o1. The molecule has 1 fully saturated rings. The molecule has 3 rings (SSSR count). The molecule has 0 radical (unpaired) electrons. The Morgan fingerprint density at radius 2 is 1.85 bits per heavy atom. The van der Waals surface area contributed by atoms with E-state index in [4.69, 9.17) is 13.9 Å². The van der Waals surface area contributed by atoms with E-state index in [1.807, 2.05) is 0 Å². The molecule has 2 heterocycles. The van der Waals surface area contributed by atoms with Crippen LogP contribution in [0.4, 0.5) is 0 Å². The average Bonchev–Trinajstić information content (AvgIpc) is 2.61. The second-order valence-electron chi connectivity index (χ2n) is 6.19. The molecular formula is C17H18O10. The van der Waals surface area contributed by atoms with Crippen molar-refractivity contribution in [1.29, 1.82) is 0 Å². The van der Waals surface area contributed by atoms with Gasteiger partial charge in [0.05, 0.1) is 17.6 Å². The largest absolute Gasteiger partial charge is 0.478 e. The van der Waals surface area contributed by atoms with Crippen LogP contribution in [0, 0.1) is 6.92 Å². The molecule has 5 N–H and O–H groups in total. The van der Waals surface area contributed by atoms with Crippen LogP contribution < -0.4 is 10.2 Å². The molecule has 146 valence electrons. The molecule has 0 aliphatic carbocycles. The lowest BCUT2D eigenvalue weighted by Gasteiger charge is -2.39. The van der Waals surface area contributed by atoms with Crippen LogP contribution in [-0.2, 0) is 4.74 Å². The highest BCUT2D eigenvalue weighted by atomic mass is 16.7. The third-order valence-electron chi connectivity index (χ3n) is 4.26. The van der Waals surface area contributed by atoms with Gasteiger partial charge in [-0.1, -0.05) is 0 Å². The number of carboxylic acids is 1. The summed E-state index contributed by atoms with van der Waals surface area (Å²) in [5.41, 5.74) is -0.953. The van der Waals surface area contributed by atoms with Gasteiger partial charge in [0.15, 0.2) is 5.43 Å². The molecule has 10 nitrogen and oxygen atoms in total. The maximum absolute atomic E-state index is 12.1. The molecule has 1 aliphatic rings. The number of carboxylic acid groups (broad SMARTS) is 1. The minimum absolute atomic E-state index is 0.0421. The molecule has 0 unspecified atom stereocenters. The topological polar surface area (TPSA) is 167 Å². The molecular weight excluding hydrogens is 364 g/mol. The molecule has 0 bridgehead atoms. The molecule has 1 aromatic carbocycles. The van der Waals surface area contributed by atoms with Crippen molar-refractivity contribution in [3.8, 4) is 5.75 Å². The van der Waals surface area contributed by atoms with E-state index >= 15 is 0 Å². The third-order valence-corrected chi connectivity index (χ3v) is 4.26. The number of aromatic carboxylic acids is 1. The van der Waals surface area contributed by atoms with Crippen LogP contribution in [0.5, 0.6) is 5.75 Å². The first-order valence-corrected chi connectivity index (χ1v) is 8.02. The standard InChI is InChI=1S/C17H18O10/c1-6-2-9(19)12-8(16(23)24)3-7(4-10(12)25-6)26-17-15(22)14(21)13(20)11(5-18)27-17/h2-4,11,13-15,17-18,20-22H,5H2,1H3,(H,23,24)/t11-,13-,14-,15-,17-/m1/s1. The second-order valence-corrected chi connectivity index (χ2v) is 6.19. The summed E-state index contributed by atoms with van der Waals surface area (Å²) in [6.45, 7) is 0.878. The van der Waals surface area contributed by atoms with E-state index < -0.39 is 48.7 Å². The number of hydrogen-bond acceptors (Lipinski definition) is 9. The van der Waals surface area contributed by atoms with Gasteiger partial charge in [0.2, 0.25) is 6.29 Å². The summed E-state index contributed by atoms with van der Waals surface area (Å²) < 4.78 is 16.0. The normalized spacial score (nSPS) is 28.3. The van der Waals surface area contributed by atoms with Crippen molar-refractivity contribution in [1.82, 2.24) is 0 Å². The van der Waals surface area contributed by atoms with Gasteiger partial charge in [-0.2, -0.15) is 0 Å². The molecule has 2 aromatic rings. The van der Waals surface area contributed by atoms with E-state index in [1.165, 1.54) is 13.0 Å². The van der Waals surface area contributed by atoms with Crippen molar-refractivity contribution in [3.63, 3.8) is 0 Å². The van der Waals surface area contributed by atoms with Gasteiger partial charge in [-0.3, -0.25) is 4.79 Å². The molecule has 1 aromatic heterocycles. The predicted molar refractivity (Wildman–Crippen MR) is 88.6 cm³/mol. The number of aryl methyl sites for hydroxylation is 1. The molecule has 27 heavy (non-hydrogen) atoms. The minimum atomic E-state index is -1.67. The van der Waals surface area contributed by atoms with Crippen LogP contribution >= 0.6 is 0 Å². The minimum Gasteiger partial charge on any atom is -0.478 e. The number of hydrogen-bond donors (Lipinski definition) is 5. The maximum Gasteiger partial charge on any atom is 0.336 e. The highest BCUT2D eigenvalue weighted by Crippen LogP contribution is 2.28. The van der Waals surface area contributed by atoms with E-state index in [9.17, 15) is 35.1 Å². The van der Waals surface area contributed by atoms with Crippen molar-refractivity contribution < 1.29 is 44.2 Å². The summed E-state index contributed by atoms with van der Waals surface area (Å²) in [5.74, 6) is -1.25. The number of benzene rings is 1. The summed E-state index contributed by atoms with van der Waals surface area (Å²) in [4.78, 5) is 23.7. The number of ether oxygens (including phenoxy) is 2. The molecule has 1 aliphatic heterocycles. The van der Waals surface area contributed by atoms with E-state index in [-0.39, 0.29) is 28.0 Å². The fourth-order valence-corrected chi connectivity index (χ4v) is 2.92. The molecule has 0 amide bonds. The number of aliphatic hydroxyl groups excluding tert-OH is 4. The first-order chi connectivity index (χ1) is 12.7. The van der Waals surface area contributed by atoms with Crippen LogP contribution in [-0.4, -0.2) is 68.8 Å². The van der Waals surface area contributed by atoms with Gasteiger partial charge in [-0.05, 0) is 13.0 Å². The Morgan fingerprint density at radius 1 is 1.15 bits per heavy atom. The zero-order valence-electron chi connectivity index (χ0n) is 14.1. The summed E-state index contributed by atoms with van der Waals surface area (Å²) in [6.07, 6.45) is -7.57. The van der Waals surface area contributed by atoms with Crippen LogP contribution in [0.2, 0.25) is 0 Å². The maximum atomic E-state index is 12.1. The Kier molecular flexibility index (Phi) is 5.18. The van der Waals surface area contributed by atoms with E-state index in [1.54, 1.807) is 0 Å². The fraction of sp³-hybridized carbons (Fsp3) is 0.412. The quantitative estimate of drug-likeness (QED) is 0.441. The molecule has 10 heteroatoms. The van der Waals surface area contributed by atoms with Gasteiger partial charge >= 0.3 is 5.97 Å². The number of carbonyl (C=O) groups is 1. The number of fused-ring (bicyclic) bond motifs is 1. The number of rotatable bonds is 4. The summed E-state index contributed by atoms with van der Waals surface area (Å²) in [6, 6.07) is 3.46. The second kappa shape index (κ2) is 7.25. The predicted octanol–water partition coefficient (Wildman–Crippen LogP) is -1.02. The zero-order valence-corrected chi connectivity index (χ0v) is 14.1. The van der Waals surface area contributed by atoms with E-state index in [0.717, 1.165) is 12.1 Å². The van der Waals surface area contributed by atoms with Crippen LogP contribution in [0.3, 0.4) is 0 Å². The Morgan fingerprint density at radius 3 is 2.48 bits per heavy atom. The number of aliphatic hydroxyl groups is 4. The Hall–Kier alpha value is -2.50. The van der Waals surface area contributed by atoms with Gasteiger partial charge in [-0.15, -0.1) is 0 Å². The third kappa shape index (κ3) is 3.53. The average molecular weight is 382 g/mol. The Balaban J connectivity index is 2.02. The van der Waals surface area contributed by atoms with Crippen LogP contribution in [0.25, 0.3) is 11.0 Å². The van der Waals surface area contributed by atoms with Crippen molar-refractivity contribution in [2.75, 3.05) is 6.61 Å². The van der Waals surface area contributed by atoms with Crippen molar-refractivity contribution >= 4 is 16.9 Å². The van der Waals surface area contributed by atoms with E-state index in [0.29, 0.717) is 0 Å². The van der Waals surface area contributed by atoms with Crippen molar-refractivity contribution in [3.05, 3.63) is 39.7 Å². The highest BCUT2D eigenvalue weighted by Gasteiger charge is 2.44. The lowest BCUT2D eigenvalue weighted by atomic mass is 9.99. The Bertz CT molecular complexity index is 918. The lowest BCUT2D eigenvalue weighted by Crippen LogP contribution is -2.60. The van der Waals surface area contributed by atoms with Gasteiger partial charge in [-0.25, -0.2) is 4.79 Å². The van der Waals surface area contributed by atoms with Crippen molar-refractivity contribution in [2.45, 2.75) is 37.6 Å². The van der Waals surface area contributed by atoms with Crippen LogP contribution in [0.15, 0.2) is 27.4 Å². The fourth-order valence-electron chi connectivity index (χ4n) is 2.92. The molecule has 0 saturated carbocycles. The summed E-state index contributed by atoms with van der Waals surface area (Å²) in [5, 5.41) is 48.1. The first kappa shape index (κ1) is 19.3. The summed E-state index contributed by atoms with van der Waals surface area (Å²) in [7, 11) is 0. The van der Waals surface area contributed by atoms with Gasteiger partial charge in [0.1, 0.15) is 41.5 Å². The molecule has 1 saturated heterocycles. The van der Waals surface area contributed by atoms with Gasteiger partial charge < -0.3 is 39.4 Å². The van der Waals surface area contributed by atoms with E-state index in [2.05, 4.69) is 0 Å². The summed E-state index contributed by atoms with van der Waals surface area (Å²) >= 11 is 0. The van der Waals surface area contributed by atoms with Crippen LogP contribution in [0.1, 0.15) is 16.1 Å². The zero-order chi connectivity index (χ0) is 19.9. The smallest absolute Gasteiger partial charge is 0.336 e. The van der Waals surface area contributed by atoms with Crippen molar-refractivity contribution in [2.24, 2.45) is 0 Å². The molecule has 5 atom stereocenters. The Labute approximate surface area is 151 Å². The first-order valence-electron chi connectivity index (χ1n) is 8.02. The monoisotopic (exact) mass is 382 g/mol. The lowest BCUT2D eigenvalue weighted by molar-refractivity contribution is -0.277. The van der Waals surface area contributed by atoms with Gasteiger partial charge in [0.25, 0.3) is 0 Å². The highest BCUT2D eigenvalue weighted by molar-refractivity contribution is 6.02. The molecule has 0 spiro atoms. The van der Waals surface area contributed by atoms with Gasteiger partial charge in [0, 0.05) is 12.1 Å².